The predicted octanol–water partition coefficient (Wildman–Crippen LogP) is 6.27. The largest absolute Gasteiger partial charge is 0.481 e. The number of nitrogens with zero attached hydrogens (tertiary/aromatic N) is 2. The molecule has 1 amide bonds. The van der Waals surface area contributed by atoms with Gasteiger partial charge in [-0.3, -0.25) is 14.6 Å². The molecule has 2 N–H and O–H groups in total. The summed E-state index contributed by atoms with van der Waals surface area (Å²) >= 11 is 0. The van der Waals surface area contributed by atoms with Crippen LogP contribution in [0.15, 0.2) is 60.8 Å². The van der Waals surface area contributed by atoms with Crippen LogP contribution in [-0.2, 0) is 17.5 Å². The number of aromatic nitrogens is 2. The van der Waals surface area contributed by atoms with Crippen molar-refractivity contribution in [1.29, 1.82) is 0 Å². The molecule has 0 saturated heterocycles. The van der Waals surface area contributed by atoms with Crippen molar-refractivity contribution >= 4 is 33.7 Å². The molecule has 38 heavy (non-hydrogen) atoms. The number of carbonyl (C=O) groups excluding carboxylic acids is 1. The molecule has 1 fully saturated rings. The van der Waals surface area contributed by atoms with E-state index in [4.69, 9.17) is 0 Å². The maximum atomic E-state index is 13.7. The fraction of sp³-hybridized carbons (Fsp3) is 0.345. The smallest absolute Gasteiger partial charge is 0.416 e. The molecule has 0 spiro atoms. The molecule has 1 unspecified atom stereocenters. The van der Waals surface area contributed by atoms with Crippen molar-refractivity contribution in [3.8, 4) is 0 Å². The molecule has 198 valence electrons. The molecule has 1 saturated carbocycles. The van der Waals surface area contributed by atoms with Gasteiger partial charge in [0, 0.05) is 23.0 Å². The van der Waals surface area contributed by atoms with E-state index in [0.717, 1.165) is 28.7 Å². The maximum absolute atomic E-state index is 13.7. The summed E-state index contributed by atoms with van der Waals surface area (Å²) in [6, 6.07) is 14.7. The molecule has 2 aromatic carbocycles. The standard InChI is InChI=1S/C29H28F3N3O3/c1-17(18-6-8-20(9-7-18)28(37)38)33-27(36)24-15-22(29(30,31)32)14-21-12-13-35(26(21)24)16-23-11-10-19-4-2-3-5-25(19)34-23/h2-5,10-15,17-18,20H,6-9,16H2,1H3,(H,33,36)(H,37,38). The van der Waals surface area contributed by atoms with Crippen LogP contribution < -0.4 is 5.32 Å². The first-order valence-electron chi connectivity index (χ1n) is 12.7. The van der Waals surface area contributed by atoms with Gasteiger partial charge in [0.1, 0.15) is 0 Å². The number of hydrogen-bond donors (Lipinski definition) is 2. The van der Waals surface area contributed by atoms with Gasteiger partial charge in [-0.05, 0) is 68.9 Å². The molecule has 0 bridgehead atoms. The number of nitrogens with one attached hydrogen (secondary N) is 1. The van der Waals surface area contributed by atoms with Crippen LogP contribution in [0.1, 0.15) is 54.2 Å². The number of fused-ring (bicyclic) bond motifs is 2. The zero-order valence-electron chi connectivity index (χ0n) is 20.8. The van der Waals surface area contributed by atoms with E-state index in [1.807, 2.05) is 43.3 Å². The fourth-order valence-corrected chi connectivity index (χ4v) is 5.46. The summed E-state index contributed by atoms with van der Waals surface area (Å²) in [5.74, 6) is -1.72. The van der Waals surface area contributed by atoms with Gasteiger partial charge in [-0.25, -0.2) is 0 Å². The van der Waals surface area contributed by atoms with Crippen LogP contribution in [0.2, 0.25) is 0 Å². The lowest BCUT2D eigenvalue weighted by molar-refractivity contribution is -0.143. The van der Waals surface area contributed by atoms with Crippen LogP contribution in [-0.4, -0.2) is 32.6 Å². The van der Waals surface area contributed by atoms with E-state index in [0.29, 0.717) is 36.6 Å². The van der Waals surface area contributed by atoms with E-state index in [-0.39, 0.29) is 30.0 Å². The topological polar surface area (TPSA) is 84.2 Å². The van der Waals surface area contributed by atoms with Crippen LogP contribution in [0.25, 0.3) is 21.8 Å². The van der Waals surface area contributed by atoms with Gasteiger partial charge in [0.25, 0.3) is 5.91 Å². The number of rotatable bonds is 6. The van der Waals surface area contributed by atoms with Crippen molar-refractivity contribution in [1.82, 2.24) is 14.9 Å². The fourth-order valence-electron chi connectivity index (χ4n) is 5.46. The van der Waals surface area contributed by atoms with E-state index in [1.54, 1.807) is 16.8 Å². The van der Waals surface area contributed by atoms with Gasteiger partial charge < -0.3 is 15.0 Å². The van der Waals surface area contributed by atoms with Crippen LogP contribution in [0, 0.1) is 11.8 Å². The molecule has 1 aliphatic rings. The average molecular weight is 524 g/mol. The molecule has 1 atom stereocenters. The third kappa shape index (κ3) is 5.23. The Morgan fingerprint density at radius 3 is 2.50 bits per heavy atom. The van der Waals surface area contributed by atoms with Crippen molar-refractivity contribution in [2.45, 2.75) is 51.4 Å². The lowest BCUT2D eigenvalue weighted by Gasteiger charge is -2.31. The summed E-state index contributed by atoms with van der Waals surface area (Å²) < 4.78 is 42.9. The molecule has 5 rings (SSSR count). The normalized spacial score (nSPS) is 18.9. The Morgan fingerprint density at radius 2 is 1.79 bits per heavy atom. The number of para-hydroxylation sites is 1. The number of alkyl halides is 3. The highest BCUT2D eigenvalue weighted by molar-refractivity contribution is 6.06. The number of carboxylic acids is 1. The number of carboxylic acid groups (broad SMARTS) is 1. The van der Waals surface area contributed by atoms with Crippen LogP contribution in [0.3, 0.4) is 0 Å². The molecule has 9 heteroatoms. The zero-order chi connectivity index (χ0) is 27.0. The quantitative estimate of drug-likeness (QED) is 0.312. The van der Waals surface area contributed by atoms with Gasteiger partial charge in [0.2, 0.25) is 0 Å². The molecule has 1 aliphatic carbocycles. The molecule has 2 heterocycles. The third-order valence-electron chi connectivity index (χ3n) is 7.61. The number of carbonyl (C=O) groups is 2. The van der Waals surface area contributed by atoms with E-state index >= 15 is 0 Å². The van der Waals surface area contributed by atoms with Crippen LogP contribution in [0.4, 0.5) is 13.2 Å². The van der Waals surface area contributed by atoms with Gasteiger partial charge in [-0.1, -0.05) is 24.3 Å². The lowest BCUT2D eigenvalue weighted by atomic mass is 9.79. The van der Waals surface area contributed by atoms with Crippen molar-refractivity contribution < 1.29 is 27.9 Å². The number of amides is 1. The zero-order valence-corrected chi connectivity index (χ0v) is 20.8. The molecule has 0 radical (unpaired) electrons. The average Bonchev–Trinajstić information content (AvgIpc) is 3.30. The summed E-state index contributed by atoms with van der Waals surface area (Å²) in [5, 5.41) is 13.4. The van der Waals surface area contributed by atoms with Crippen molar-refractivity contribution in [3.05, 3.63) is 77.6 Å². The molecule has 4 aromatic rings. The Labute approximate surface area is 217 Å². The highest BCUT2D eigenvalue weighted by Crippen LogP contribution is 2.35. The van der Waals surface area contributed by atoms with Gasteiger partial charge in [0.05, 0.1) is 40.3 Å². The minimum Gasteiger partial charge on any atom is -0.481 e. The summed E-state index contributed by atoms with van der Waals surface area (Å²) in [6.07, 6.45) is -0.604. The first-order valence-corrected chi connectivity index (χ1v) is 12.7. The third-order valence-corrected chi connectivity index (χ3v) is 7.61. The van der Waals surface area contributed by atoms with Gasteiger partial charge >= 0.3 is 12.1 Å². The van der Waals surface area contributed by atoms with Gasteiger partial charge in [-0.2, -0.15) is 13.2 Å². The molecular weight excluding hydrogens is 495 g/mol. The van der Waals surface area contributed by atoms with Gasteiger partial charge in [0.15, 0.2) is 0 Å². The predicted molar refractivity (Wildman–Crippen MR) is 138 cm³/mol. The number of pyridine rings is 1. The highest BCUT2D eigenvalue weighted by Gasteiger charge is 2.34. The summed E-state index contributed by atoms with van der Waals surface area (Å²) in [5.41, 5.74) is 1.01. The summed E-state index contributed by atoms with van der Waals surface area (Å²) in [7, 11) is 0. The molecule has 0 aliphatic heterocycles. The number of benzene rings is 2. The van der Waals surface area contributed by atoms with E-state index in [1.165, 1.54) is 0 Å². The number of aliphatic carboxylic acids is 1. The Morgan fingerprint density at radius 1 is 1.05 bits per heavy atom. The lowest BCUT2D eigenvalue weighted by Crippen LogP contribution is -2.40. The maximum Gasteiger partial charge on any atom is 0.416 e. The van der Waals surface area contributed by atoms with E-state index < -0.39 is 23.6 Å². The SMILES string of the molecule is CC(NC(=O)c1cc(C(F)(F)F)cc2ccn(Cc3ccc4ccccc4n3)c12)C1CCC(C(=O)O)CC1. The second-order valence-corrected chi connectivity index (χ2v) is 10.1. The Balaban J connectivity index is 1.45. The van der Waals surface area contributed by atoms with E-state index in [2.05, 4.69) is 10.3 Å². The second-order valence-electron chi connectivity index (χ2n) is 10.1. The van der Waals surface area contributed by atoms with Crippen molar-refractivity contribution in [3.63, 3.8) is 0 Å². The minimum atomic E-state index is -4.61. The summed E-state index contributed by atoms with van der Waals surface area (Å²) in [6.45, 7) is 2.11. The first-order chi connectivity index (χ1) is 18.1. The highest BCUT2D eigenvalue weighted by atomic mass is 19.4. The van der Waals surface area contributed by atoms with Crippen LogP contribution in [0.5, 0.6) is 0 Å². The van der Waals surface area contributed by atoms with Crippen molar-refractivity contribution in [2.24, 2.45) is 11.8 Å². The minimum absolute atomic E-state index is 0.0494. The molecule has 6 nitrogen and oxygen atoms in total. The van der Waals surface area contributed by atoms with Gasteiger partial charge in [-0.15, -0.1) is 0 Å². The number of halogens is 3. The molecular formula is C29H28F3N3O3. The van der Waals surface area contributed by atoms with Crippen LogP contribution >= 0.6 is 0 Å². The Kier molecular flexibility index (Phi) is 6.86. The summed E-state index contributed by atoms with van der Waals surface area (Å²) in [4.78, 5) is 29.4. The molecule has 2 aromatic heterocycles. The second kappa shape index (κ2) is 10.1. The van der Waals surface area contributed by atoms with Crippen molar-refractivity contribution in [2.75, 3.05) is 0 Å². The van der Waals surface area contributed by atoms with E-state index in [9.17, 15) is 27.9 Å². The number of hydrogen-bond acceptors (Lipinski definition) is 3. The monoisotopic (exact) mass is 523 g/mol. The first kappa shape index (κ1) is 25.8. The Bertz CT molecular complexity index is 1500. The Hall–Kier alpha value is -3.88.